The maximum Gasteiger partial charge on any atom is 0.469 e. The Bertz CT molecular complexity index is 993. The fourth-order valence-corrected chi connectivity index (χ4v) is 7.65. The molecule has 0 heterocycles. The molecule has 0 amide bonds. The van der Waals surface area contributed by atoms with Gasteiger partial charge in [-0.3, -0.25) is 14.1 Å². The summed E-state index contributed by atoms with van der Waals surface area (Å²) in [4.78, 5) is 43.0. The van der Waals surface area contributed by atoms with E-state index in [0.717, 1.165) is 51.4 Å². The van der Waals surface area contributed by atoms with Crippen LogP contribution in [0.1, 0.15) is 258 Å². The van der Waals surface area contributed by atoms with Gasteiger partial charge < -0.3 is 19.3 Å². The van der Waals surface area contributed by atoms with Crippen molar-refractivity contribution < 1.29 is 37.9 Å². The molecule has 0 spiro atoms. The molecule has 0 radical (unpaired) electrons. The van der Waals surface area contributed by atoms with Crippen LogP contribution in [0.4, 0.5) is 0 Å². The van der Waals surface area contributed by atoms with Crippen molar-refractivity contribution in [3.63, 3.8) is 0 Å². The molecular formula is C49H93O8P. The summed E-state index contributed by atoms with van der Waals surface area (Å²) in [6.45, 7) is 3.71. The van der Waals surface area contributed by atoms with Gasteiger partial charge in [-0.15, -0.1) is 0 Å². The number of hydrogen-bond donors (Lipinski definition) is 2. The zero-order valence-electron chi connectivity index (χ0n) is 38.0. The minimum atomic E-state index is -4.76. The van der Waals surface area contributed by atoms with Gasteiger partial charge in [0.25, 0.3) is 0 Å². The van der Waals surface area contributed by atoms with E-state index >= 15 is 0 Å². The van der Waals surface area contributed by atoms with Crippen molar-refractivity contribution in [1.29, 1.82) is 0 Å². The van der Waals surface area contributed by atoms with Crippen LogP contribution in [0.3, 0.4) is 0 Å². The molecule has 58 heavy (non-hydrogen) atoms. The second-order valence-electron chi connectivity index (χ2n) is 16.8. The number of esters is 2. The number of carbonyl (C=O) groups is 2. The van der Waals surface area contributed by atoms with Crippen LogP contribution in [0.25, 0.3) is 0 Å². The van der Waals surface area contributed by atoms with Crippen LogP contribution in [0, 0.1) is 0 Å². The molecule has 0 saturated heterocycles. The van der Waals surface area contributed by atoms with Crippen LogP contribution in [-0.4, -0.2) is 41.0 Å². The first-order chi connectivity index (χ1) is 28.3. The maximum absolute atomic E-state index is 12.5. The van der Waals surface area contributed by atoms with Crippen molar-refractivity contribution in [2.45, 2.75) is 264 Å². The van der Waals surface area contributed by atoms with Crippen LogP contribution in [0.2, 0.25) is 0 Å². The Hall–Kier alpha value is -1.47. The van der Waals surface area contributed by atoms with Crippen molar-refractivity contribution >= 4 is 19.8 Å². The van der Waals surface area contributed by atoms with Gasteiger partial charge in [0.1, 0.15) is 6.61 Å². The Morgan fingerprint density at radius 1 is 0.448 bits per heavy atom. The number of rotatable bonds is 46. The van der Waals surface area contributed by atoms with E-state index in [1.807, 2.05) is 0 Å². The zero-order chi connectivity index (χ0) is 42.5. The lowest BCUT2D eigenvalue weighted by Gasteiger charge is -2.18. The SMILES string of the molecule is CCCCCC/C=C\C/C=C\CCCCCCCCCC(=O)OC(COC(=O)CCCCCCCCCCCCCCCCCCCCCCCC)COP(=O)(O)O. The lowest BCUT2D eigenvalue weighted by molar-refractivity contribution is -0.161. The van der Waals surface area contributed by atoms with Crippen molar-refractivity contribution in [2.24, 2.45) is 0 Å². The van der Waals surface area contributed by atoms with Gasteiger partial charge in [-0.25, -0.2) is 4.57 Å². The number of phosphoric ester groups is 1. The van der Waals surface area contributed by atoms with Crippen LogP contribution >= 0.6 is 7.82 Å². The van der Waals surface area contributed by atoms with Gasteiger partial charge in [0.05, 0.1) is 6.61 Å². The summed E-state index contributed by atoms with van der Waals surface area (Å²) in [5.74, 6) is -0.879. The Morgan fingerprint density at radius 2 is 0.776 bits per heavy atom. The first kappa shape index (κ1) is 56.5. The van der Waals surface area contributed by atoms with Gasteiger partial charge in [-0.05, 0) is 44.9 Å². The molecule has 0 aromatic carbocycles. The standard InChI is InChI=1S/C49H93O8P/c1-3-5-7-9-11-13-15-17-19-21-23-24-25-26-28-29-31-33-35-37-39-41-43-48(50)55-45-47(46-56-58(52,53)54)57-49(51)44-42-40-38-36-34-32-30-27-22-20-18-16-14-12-10-8-6-4-2/h14,16,20,22,47H,3-13,15,17-19,21,23-46H2,1-2H3,(H2,52,53,54)/b16-14-,22-20-. The van der Waals surface area contributed by atoms with Crippen molar-refractivity contribution in [1.82, 2.24) is 0 Å². The number of unbranched alkanes of at least 4 members (excludes halogenated alkanes) is 32. The molecule has 9 heteroatoms. The van der Waals surface area contributed by atoms with Gasteiger partial charge in [0, 0.05) is 12.8 Å². The third-order valence-corrected chi connectivity index (χ3v) is 11.5. The first-order valence-electron chi connectivity index (χ1n) is 24.6. The van der Waals surface area contributed by atoms with Crippen LogP contribution in [0.5, 0.6) is 0 Å². The molecule has 0 bridgehead atoms. The lowest BCUT2D eigenvalue weighted by atomic mass is 10.0. The number of ether oxygens (including phenoxy) is 2. The highest BCUT2D eigenvalue weighted by molar-refractivity contribution is 7.46. The van der Waals surface area contributed by atoms with E-state index in [1.54, 1.807) is 0 Å². The van der Waals surface area contributed by atoms with E-state index in [9.17, 15) is 14.2 Å². The van der Waals surface area contributed by atoms with E-state index in [2.05, 4.69) is 42.7 Å². The molecular weight excluding hydrogens is 748 g/mol. The summed E-state index contributed by atoms with van der Waals surface area (Å²) in [6.07, 6.45) is 53.4. The average Bonchev–Trinajstić information content (AvgIpc) is 3.20. The van der Waals surface area contributed by atoms with Crippen LogP contribution in [0.15, 0.2) is 24.3 Å². The molecule has 0 rings (SSSR count). The molecule has 0 aliphatic rings. The third kappa shape index (κ3) is 47.2. The monoisotopic (exact) mass is 841 g/mol. The molecule has 0 fully saturated rings. The Balaban J connectivity index is 3.80. The van der Waals surface area contributed by atoms with E-state index < -0.39 is 32.5 Å². The van der Waals surface area contributed by atoms with Gasteiger partial charge in [-0.1, -0.05) is 224 Å². The highest BCUT2D eigenvalue weighted by Crippen LogP contribution is 2.36. The van der Waals surface area contributed by atoms with Crippen LogP contribution < -0.4 is 0 Å². The smallest absolute Gasteiger partial charge is 0.462 e. The number of carbonyl (C=O) groups excluding carboxylic acids is 2. The molecule has 0 aliphatic carbocycles. The number of allylic oxidation sites excluding steroid dienone is 4. The first-order valence-corrected chi connectivity index (χ1v) is 26.2. The van der Waals surface area contributed by atoms with Crippen molar-refractivity contribution in [2.75, 3.05) is 13.2 Å². The molecule has 1 atom stereocenters. The van der Waals surface area contributed by atoms with Crippen molar-refractivity contribution in [3.8, 4) is 0 Å². The molecule has 0 aromatic heterocycles. The number of phosphoric acid groups is 1. The van der Waals surface area contributed by atoms with E-state index in [0.29, 0.717) is 6.42 Å². The minimum absolute atomic E-state index is 0.206. The highest BCUT2D eigenvalue weighted by atomic mass is 31.2. The molecule has 2 N–H and O–H groups in total. The lowest BCUT2D eigenvalue weighted by Crippen LogP contribution is -2.29. The summed E-state index contributed by atoms with van der Waals surface area (Å²) in [7, 11) is -4.76. The van der Waals surface area contributed by atoms with Gasteiger partial charge in [-0.2, -0.15) is 0 Å². The predicted octanol–water partition coefficient (Wildman–Crippen LogP) is 15.5. The topological polar surface area (TPSA) is 119 Å². The minimum Gasteiger partial charge on any atom is -0.462 e. The second kappa shape index (κ2) is 45.1. The Morgan fingerprint density at radius 3 is 1.16 bits per heavy atom. The number of hydrogen-bond acceptors (Lipinski definition) is 6. The van der Waals surface area contributed by atoms with Crippen LogP contribution in [-0.2, 0) is 28.2 Å². The molecule has 342 valence electrons. The highest BCUT2D eigenvalue weighted by Gasteiger charge is 2.23. The molecule has 1 unspecified atom stereocenters. The van der Waals surface area contributed by atoms with Gasteiger partial charge >= 0.3 is 19.8 Å². The fourth-order valence-electron chi connectivity index (χ4n) is 7.29. The molecule has 0 aromatic rings. The summed E-state index contributed by atoms with van der Waals surface area (Å²) in [6, 6.07) is 0. The maximum atomic E-state index is 12.5. The van der Waals surface area contributed by atoms with E-state index in [1.165, 1.54) is 173 Å². The Labute approximate surface area is 358 Å². The summed E-state index contributed by atoms with van der Waals surface area (Å²) in [5, 5.41) is 0. The molecule has 0 saturated carbocycles. The molecule has 8 nitrogen and oxygen atoms in total. The Kier molecular flexibility index (Phi) is 43.9. The average molecular weight is 841 g/mol. The zero-order valence-corrected chi connectivity index (χ0v) is 38.9. The fraction of sp³-hybridized carbons (Fsp3) is 0.878. The third-order valence-electron chi connectivity index (χ3n) is 11.0. The summed E-state index contributed by atoms with van der Waals surface area (Å²) < 4.78 is 26.5. The van der Waals surface area contributed by atoms with Crippen molar-refractivity contribution in [3.05, 3.63) is 24.3 Å². The van der Waals surface area contributed by atoms with E-state index in [-0.39, 0.29) is 19.4 Å². The summed E-state index contributed by atoms with van der Waals surface area (Å²) >= 11 is 0. The van der Waals surface area contributed by atoms with E-state index in [4.69, 9.17) is 19.3 Å². The van der Waals surface area contributed by atoms with Gasteiger partial charge in [0.15, 0.2) is 6.10 Å². The van der Waals surface area contributed by atoms with Gasteiger partial charge in [0.2, 0.25) is 0 Å². The molecule has 0 aliphatic heterocycles. The quantitative estimate of drug-likeness (QED) is 0.0269. The summed E-state index contributed by atoms with van der Waals surface area (Å²) in [5.41, 5.74) is 0. The predicted molar refractivity (Wildman–Crippen MR) is 244 cm³/mol. The normalized spacial score (nSPS) is 12.6. The largest absolute Gasteiger partial charge is 0.469 e. The second-order valence-corrected chi connectivity index (χ2v) is 18.0.